The second-order valence-electron chi connectivity index (χ2n) is 4.51. The van der Waals surface area contributed by atoms with Crippen LogP contribution in [0.15, 0.2) is 0 Å². The normalized spacial score (nSPS) is 25.2. The Morgan fingerprint density at radius 1 is 1.56 bits per heavy atom. The number of hydrogen-bond acceptors (Lipinski definition) is 3. The maximum absolute atomic E-state index is 11.3. The van der Waals surface area contributed by atoms with E-state index in [2.05, 4.69) is 12.2 Å². The molecule has 1 heterocycles. The molecule has 1 saturated heterocycles. The van der Waals surface area contributed by atoms with Gasteiger partial charge in [0.15, 0.2) is 5.12 Å². The monoisotopic (exact) mass is 243 g/mol. The van der Waals surface area contributed by atoms with Gasteiger partial charge < -0.3 is 5.32 Å². The summed E-state index contributed by atoms with van der Waals surface area (Å²) in [7, 11) is 0. The molecule has 1 aliphatic rings. The number of carbonyl (C=O) groups excluding carboxylic acids is 2. The molecule has 3 nitrogen and oxygen atoms in total. The molecule has 0 aliphatic carbocycles. The van der Waals surface area contributed by atoms with Crippen molar-refractivity contribution < 1.29 is 9.59 Å². The minimum Gasteiger partial charge on any atom is -0.353 e. The average molecular weight is 243 g/mol. The highest BCUT2D eigenvalue weighted by atomic mass is 32.2. The molecular formula is C12H21NO2S. The number of amides is 1. The second kappa shape index (κ2) is 6.94. The number of piperidine rings is 1. The van der Waals surface area contributed by atoms with Gasteiger partial charge in [0.05, 0.1) is 0 Å². The summed E-state index contributed by atoms with van der Waals surface area (Å²) in [5.41, 5.74) is 0. The van der Waals surface area contributed by atoms with Crippen LogP contribution in [0.5, 0.6) is 0 Å². The summed E-state index contributed by atoms with van der Waals surface area (Å²) < 4.78 is 0. The first-order valence-electron chi connectivity index (χ1n) is 6.06. The predicted molar refractivity (Wildman–Crippen MR) is 67.3 cm³/mol. The van der Waals surface area contributed by atoms with Crippen molar-refractivity contribution in [3.8, 4) is 0 Å². The zero-order valence-electron chi connectivity index (χ0n) is 10.1. The van der Waals surface area contributed by atoms with Gasteiger partial charge in [0, 0.05) is 18.9 Å². The third kappa shape index (κ3) is 5.01. The molecule has 2 atom stereocenters. The lowest BCUT2D eigenvalue weighted by Gasteiger charge is -2.27. The highest BCUT2D eigenvalue weighted by Gasteiger charge is 2.23. The van der Waals surface area contributed by atoms with E-state index in [1.165, 1.54) is 11.8 Å². The van der Waals surface area contributed by atoms with Crippen LogP contribution in [0.2, 0.25) is 0 Å². The number of thioether (sulfide) groups is 1. The average Bonchev–Trinajstić information content (AvgIpc) is 2.16. The van der Waals surface area contributed by atoms with Crippen LogP contribution in [-0.4, -0.2) is 22.8 Å². The second-order valence-corrected chi connectivity index (χ2v) is 5.83. The van der Waals surface area contributed by atoms with Gasteiger partial charge in [-0.2, -0.15) is 0 Å². The Balaban J connectivity index is 2.17. The van der Waals surface area contributed by atoms with Crippen molar-refractivity contribution >= 4 is 22.8 Å². The van der Waals surface area contributed by atoms with Crippen molar-refractivity contribution in [2.24, 2.45) is 5.92 Å². The van der Waals surface area contributed by atoms with Crippen molar-refractivity contribution in [2.45, 2.75) is 52.0 Å². The van der Waals surface area contributed by atoms with Crippen LogP contribution in [0.4, 0.5) is 0 Å². The smallest absolute Gasteiger partial charge is 0.220 e. The fourth-order valence-electron chi connectivity index (χ4n) is 2.15. The third-order valence-electron chi connectivity index (χ3n) is 2.82. The van der Waals surface area contributed by atoms with Crippen LogP contribution >= 0.6 is 11.8 Å². The lowest BCUT2D eigenvalue weighted by molar-refractivity contribution is -0.124. The molecule has 92 valence electrons. The molecule has 1 amide bonds. The van der Waals surface area contributed by atoms with E-state index in [0.29, 0.717) is 18.8 Å². The van der Waals surface area contributed by atoms with Crippen LogP contribution < -0.4 is 5.32 Å². The van der Waals surface area contributed by atoms with Gasteiger partial charge in [0.1, 0.15) is 0 Å². The van der Waals surface area contributed by atoms with E-state index in [0.717, 1.165) is 25.0 Å². The van der Waals surface area contributed by atoms with E-state index in [-0.39, 0.29) is 17.1 Å². The van der Waals surface area contributed by atoms with Crippen molar-refractivity contribution in [1.82, 2.24) is 5.32 Å². The van der Waals surface area contributed by atoms with E-state index in [4.69, 9.17) is 0 Å². The predicted octanol–water partition coefficient (Wildman–Crippen LogP) is 2.35. The fraction of sp³-hybridized carbons (Fsp3) is 0.833. The van der Waals surface area contributed by atoms with Gasteiger partial charge in [-0.3, -0.25) is 9.59 Å². The first-order valence-corrected chi connectivity index (χ1v) is 7.05. The van der Waals surface area contributed by atoms with Gasteiger partial charge in [-0.25, -0.2) is 0 Å². The fourth-order valence-corrected chi connectivity index (χ4v) is 2.76. The van der Waals surface area contributed by atoms with E-state index in [1.54, 1.807) is 0 Å². The Kier molecular flexibility index (Phi) is 5.88. The standard InChI is InChI=1S/C12H21NO2S/c1-3-16-12(15)6-4-5-10-7-9(2)8-11(14)13-10/h9-10H,3-8H2,1-2H3,(H,13,14)/t9-,10+/m0/s1. The minimum atomic E-state index is 0.165. The molecule has 0 aromatic carbocycles. The molecule has 4 heteroatoms. The summed E-state index contributed by atoms with van der Waals surface area (Å²) in [5, 5.41) is 3.27. The molecule has 1 N–H and O–H groups in total. The van der Waals surface area contributed by atoms with Gasteiger partial charge in [0.25, 0.3) is 0 Å². The highest BCUT2D eigenvalue weighted by molar-refractivity contribution is 8.13. The molecule has 0 saturated carbocycles. The third-order valence-corrected chi connectivity index (χ3v) is 3.64. The number of nitrogens with one attached hydrogen (secondary N) is 1. The molecule has 0 aromatic heterocycles. The quantitative estimate of drug-likeness (QED) is 0.806. The summed E-state index contributed by atoms with van der Waals surface area (Å²) in [5.74, 6) is 1.51. The summed E-state index contributed by atoms with van der Waals surface area (Å²) in [6.45, 7) is 4.11. The van der Waals surface area contributed by atoms with E-state index < -0.39 is 0 Å². The van der Waals surface area contributed by atoms with Crippen molar-refractivity contribution in [3.05, 3.63) is 0 Å². The van der Waals surface area contributed by atoms with Gasteiger partial charge in [-0.05, 0) is 30.9 Å². The number of carbonyl (C=O) groups is 2. The maximum atomic E-state index is 11.3. The summed E-state index contributed by atoms with van der Waals surface area (Å²) in [6, 6.07) is 0.288. The molecule has 0 radical (unpaired) electrons. The minimum absolute atomic E-state index is 0.165. The Labute approximate surface area is 102 Å². The zero-order valence-corrected chi connectivity index (χ0v) is 10.9. The Morgan fingerprint density at radius 2 is 2.31 bits per heavy atom. The molecule has 0 spiro atoms. The molecular weight excluding hydrogens is 222 g/mol. The topological polar surface area (TPSA) is 46.2 Å². The molecule has 0 unspecified atom stereocenters. The van der Waals surface area contributed by atoms with E-state index >= 15 is 0 Å². The van der Waals surface area contributed by atoms with Crippen LogP contribution in [0.25, 0.3) is 0 Å². The highest BCUT2D eigenvalue weighted by Crippen LogP contribution is 2.20. The lowest BCUT2D eigenvalue weighted by Crippen LogP contribution is -2.41. The number of rotatable bonds is 5. The summed E-state index contributed by atoms with van der Waals surface area (Å²) in [4.78, 5) is 22.6. The Morgan fingerprint density at radius 3 is 2.94 bits per heavy atom. The van der Waals surface area contributed by atoms with Crippen LogP contribution in [0.1, 0.15) is 46.0 Å². The summed E-state index contributed by atoms with van der Waals surface area (Å²) >= 11 is 1.39. The molecule has 0 bridgehead atoms. The SMILES string of the molecule is CCSC(=O)CCC[C@@H]1C[C@H](C)CC(=O)N1. The maximum Gasteiger partial charge on any atom is 0.220 e. The van der Waals surface area contributed by atoms with Gasteiger partial charge in [-0.15, -0.1) is 0 Å². The Hall–Kier alpha value is -0.510. The van der Waals surface area contributed by atoms with Crippen molar-refractivity contribution in [1.29, 1.82) is 0 Å². The zero-order chi connectivity index (χ0) is 12.0. The summed E-state index contributed by atoms with van der Waals surface area (Å²) in [6.07, 6.45) is 4.18. The molecule has 0 aromatic rings. The molecule has 16 heavy (non-hydrogen) atoms. The Bertz CT molecular complexity index is 255. The van der Waals surface area contributed by atoms with Gasteiger partial charge in [-0.1, -0.05) is 25.6 Å². The van der Waals surface area contributed by atoms with Crippen molar-refractivity contribution in [3.63, 3.8) is 0 Å². The first kappa shape index (κ1) is 13.6. The van der Waals surface area contributed by atoms with E-state index in [9.17, 15) is 9.59 Å². The molecule has 1 fully saturated rings. The number of hydrogen-bond donors (Lipinski definition) is 1. The van der Waals surface area contributed by atoms with E-state index in [1.807, 2.05) is 6.92 Å². The lowest BCUT2D eigenvalue weighted by atomic mass is 9.91. The van der Waals surface area contributed by atoms with Crippen molar-refractivity contribution in [2.75, 3.05) is 5.75 Å². The van der Waals surface area contributed by atoms with Gasteiger partial charge >= 0.3 is 0 Å². The van der Waals surface area contributed by atoms with Gasteiger partial charge in [0.2, 0.25) is 5.91 Å². The molecule has 1 aliphatic heterocycles. The van der Waals surface area contributed by atoms with Crippen LogP contribution in [0.3, 0.4) is 0 Å². The molecule has 1 rings (SSSR count). The largest absolute Gasteiger partial charge is 0.353 e. The first-order chi connectivity index (χ1) is 7.61. The van der Waals surface area contributed by atoms with Crippen LogP contribution in [-0.2, 0) is 9.59 Å². The van der Waals surface area contributed by atoms with Crippen LogP contribution in [0, 0.1) is 5.92 Å².